The first-order chi connectivity index (χ1) is 7.75. The van der Waals surface area contributed by atoms with E-state index >= 15 is 0 Å². The Hall–Kier alpha value is -0.610. The lowest BCUT2D eigenvalue weighted by Gasteiger charge is -2.04. The molecule has 0 spiro atoms. The van der Waals surface area contributed by atoms with Crippen LogP contribution in [0.2, 0.25) is 0 Å². The van der Waals surface area contributed by atoms with Crippen LogP contribution in [-0.2, 0) is 6.54 Å². The summed E-state index contributed by atoms with van der Waals surface area (Å²) >= 11 is 1.75. The second-order valence-corrected chi connectivity index (χ2v) is 5.15. The molecule has 0 saturated heterocycles. The van der Waals surface area contributed by atoms with Crippen molar-refractivity contribution in [2.45, 2.75) is 26.4 Å². The minimum absolute atomic E-state index is 0. The van der Waals surface area contributed by atoms with E-state index in [0.29, 0.717) is 6.04 Å². The second kappa shape index (κ2) is 8.48. The molecule has 0 saturated carbocycles. The van der Waals surface area contributed by atoms with Crippen molar-refractivity contribution < 1.29 is 0 Å². The number of thiazole rings is 1. The van der Waals surface area contributed by atoms with E-state index in [4.69, 9.17) is 0 Å². The van der Waals surface area contributed by atoms with E-state index in [9.17, 15) is 0 Å². The third-order valence-corrected chi connectivity index (χ3v) is 3.31. The molecule has 0 atom stereocenters. The van der Waals surface area contributed by atoms with Gasteiger partial charge in [-0.2, -0.15) is 0 Å². The summed E-state index contributed by atoms with van der Waals surface area (Å²) in [7, 11) is 0. The van der Waals surface area contributed by atoms with E-state index < -0.39 is 0 Å². The second-order valence-electron chi connectivity index (χ2n) is 4.03. The van der Waals surface area contributed by atoms with Crippen LogP contribution in [-0.4, -0.2) is 11.0 Å². The van der Waals surface area contributed by atoms with Crippen LogP contribution in [0.5, 0.6) is 0 Å². The molecular weight excluding hydrogens is 287 g/mol. The highest BCUT2D eigenvalue weighted by atomic mass is 35.5. The van der Waals surface area contributed by atoms with Crippen LogP contribution in [0.15, 0.2) is 36.5 Å². The third-order valence-electron chi connectivity index (χ3n) is 2.26. The Kier molecular flexibility index (Phi) is 8.20. The van der Waals surface area contributed by atoms with Gasteiger partial charge < -0.3 is 5.32 Å². The molecule has 0 aliphatic carbocycles. The van der Waals surface area contributed by atoms with Crippen LogP contribution >= 0.6 is 36.2 Å². The Bertz CT molecular complexity index is 443. The van der Waals surface area contributed by atoms with Gasteiger partial charge in [-0.1, -0.05) is 44.2 Å². The highest BCUT2D eigenvalue weighted by Gasteiger charge is 2.04. The fraction of sp³-hybridized carbons (Fsp3) is 0.308. The lowest BCUT2D eigenvalue weighted by Crippen LogP contribution is -2.21. The Morgan fingerprint density at radius 2 is 1.83 bits per heavy atom. The molecule has 0 fully saturated rings. The monoisotopic (exact) mass is 304 g/mol. The highest BCUT2D eigenvalue weighted by molar-refractivity contribution is 7.15. The molecule has 2 nitrogen and oxygen atoms in total. The lowest BCUT2D eigenvalue weighted by molar-refractivity contribution is 0.593. The molecule has 1 aromatic carbocycles. The number of aromatic nitrogens is 1. The quantitative estimate of drug-likeness (QED) is 0.918. The molecule has 100 valence electrons. The first-order valence-electron chi connectivity index (χ1n) is 5.49. The number of hydrogen-bond acceptors (Lipinski definition) is 3. The van der Waals surface area contributed by atoms with E-state index in [2.05, 4.69) is 36.3 Å². The summed E-state index contributed by atoms with van der Waals surface area (Å²) in [6.45, 7) is 5.21. The van der Waals surface area contributed by atoms with Crippen molar-refractivity contribution in [1.82, 2.24) is 10.3 Å². The lowest BCUT2D eigenvalue weighted by atomic mass is 10.2. The predicted octanol–water partition coefficient (Wildman–Crippen LogP) is 4.15. The Labute approximate surface area is 125 Å². The summed E-state index contributed by atoms with van der Waals surface area (Å²) in [5.41, 5.74) is 1.20. The first kappa shape index (κ1) is 17.4. The summed E-state index contributed by atoms with van der Waals surface area (Å²) in [5.74, 6) is 0. The number of nitrogens with one attached hydrogen (secondary N) is 1. The molecule has 0 bridgehead atoms. The number of nitrogens with zero attached hydrogens (tertiary/aromatic N) is 1. The van der Waals surface area contributed by atoms with Crippen LogP contribution in [0.4, 0.5) is 0 Å². The van der Waals surface area contributed by atoms with Crippen LogP contribution in [0, 0.1) is 0 Å². The molecular formula is C13H18Cl2N2S. The highest BCUT2D eigenvalue weighted by Crippen LogP contribution is 2.24. The van der Waals surface area contributed by atoms with E-state index in [1.54, 1.807) is 11.3 Å². The molecule has 0 radical (unpaired) electrons. The van der Waals surface area contributed by atoms with Crippen LogP contribution < -0.4 is 5.32 Å². The minimum Gasteiger partial charge on any atom is -0.310 e. The van der Waals surface area contributed by atoms with Gasteiger partial charge in [0.2, 0.25) is 0 Å². The van der Waals surface area contributed by atoms with Crippen LogP contribution in [0.3, 0.4) is 0 Å². The van der Waals surface area contributed by atoms with Gasteiger partial charge in [-0.15, -0.1) is 36.2 Å². The average molecular weight is 305 g/mol. The van der Waals surface area contributed by atoms with Gasteiger partial charge in [-0.25, -0.2) is 4.98 Å². The molecule has 1 aromatic heterocycles. The molecule has 5 heteroatoms. The molecule has 0 amide bonds. The normalized spacial score (nSPS) is 9.72. The molecule has 2 rings (SSSR count). The number of rotatable bonds is 4. The Morgan fingerprint density at radius 3 is 2.44 bits per heavy atom. The van der Waals surface area contributed by atoms with E-state index in [1.807, 2.05) is 24.4 Å². The van der Waals surface area contributed by atoms with Crippen molar-refractivity contribution in [2.24, 2.45) is 0 Å². The average Bonchev–Trinajstić information content (AvgIpc) is 2.76. The van der Waals surface area contributed by atoms with Gasteiger partial charge in [0.1, 0.15) is 5.01 Å². The van der Waals surface area contributed by atoms with Gasteiger partial charge in [0, 0.05) is 29.2 Å². The van der Waals surface area contributed by atoms with E-state index in [0.717, 1.165) is 11.6 Å². The number of halogens is 2. The van der Waals surface area contributed by atoms with Crippen molar-refractivity contribution in [3.05, 3.63) is 41.4 Å². The van der Waals surface area contributed by atoms with Gasteiger partial charge >= 0.3 is 0 Å². The van der Waals surface area contributed by atoms with Gasteiger partial charge in [0.15, 0.2) is 0 Å². The van der Waals surface area contributed by atoms with Gasteiger partial charge in [0.25, 0.3) is 0 Å². The summed E-state index contributed by atoms with van der Waals surface area (Å²) in [4.78, 5) is 5.73. The summed E-state index contributed by atoms with van der Waals surface area (Å²) in [5, 5.41) is 4.50. The van der Waals surface area contributed by atoms with E-state index in [1.165, 1.54) is 10.4 Å². The third kappa shape index (κ3) is 4.94. The number of benzene rings is 1. The zero-order valence-electron chi connectivity index (χ0n) is 10.4. The van der Waals surface area contributed by atoms with Crippen molar-refractivity contribution in [3.63, 3.8) is 0 Å². The van der Waals surface area contributed by atoms with Crippen molar-refractivity contribution in [3.8, 4) is 10.6 Å². The maximum Gasteiger partial charge on any atom is 0.123 e. The molecule has 0 aliphatic heterocycles. The first-order valence-corrected chi connectivity index (χ1v) is 6.31. The molecule has 0 unspecified atom stereocenters. The van der Waals surface area contributed by atoms with Gasteiger partial charge in [-0.05, 0) is 0 Å². The Balaban J connectivity index is 0.00000144. The Morgan fingerprint density at radius 1 is 1.17 bits per heavy atom. The summed E-state index contributed by atoms with van der Waals surface area (Å²) in [6, 6.07) is 10.8. The maximum atomic E-state index is 4.44. The van der Waals surface area contributed by atoms with E-state index in [-0.39, 0.29) is 24.8 Å². The molecule has 2 aromatic rings. The minimum atomic E-state index is 0. The molecule has 0 aliphatic rings. The predicted molar refractivity (Wildman–Crippen MR) is 84.0 cm³/mol. The van der Waals surface area contributed by atoms with Crippen molar-refractivity contribution in [1.29, 1.82) is 0 Å². The topological polar surface area (TPSA) is 24.9 Å². The standard InChI is InChI=1S/C13H16N2S.2ClH/c1-10(2)14-8-12-9-15-13(16-12)11-6-4-3-5-7-11;;/h3-7,9-10,14H,8H2,1-2H3;2*1H. The molecule has 1 N–H and O–H groups in total. The summed E-state index contributed by atoms with van der Waals surface area (Å²) in [6.07, 6.45) is 1.96. The zero-order chi connectivity index (χ0) is 11.4. The van der Waals surface area contributed by atoms with Crippen LogP contribution in [0.25, 0.3) is 10.6 Å². The van der Waals surface area contributed by atoms with Gasteiger partial charge in [0.05, 0.1) is 0 Å². The van der Waals surface area contributed by atoms with Crippen molar-refractivity contribution in [2.75, 3.05) is 0 Å². The fourth-order valence-corrected chi connectivity index (χ4v) is 2.28. The molecule has 1 heterocycles. The fourth-order valence-electron chi connectivity index (χ4n) is 1.41. The molecule has 18 heavy (non-hydrogen) atoms. The van der Waals surface area contributed by atoms with Crippen molar-refractivity contribution >= 4 is 36.2 Å². The van der Waals surface area contributed by atoms with Gasteiger partial charge in [-0.3, -0.25) is 0 Å². The maximum absolute atomic E-state index is 4.44. The summed E-state index contributed by atoms with van der Waals surface area (Å²) < 4.78 is 0. The van der Waals surface area contributed by atoms with Crippen LogP contribution in [0.1, 0.15) is 18.7 Å². The largest absolute Gasteiger partial charge is 0.310 e. The SMILES string of the molecule is CC(C)NCc1cnc(-c2ccccc2)s1.Cl.Cl. The number of hydrogen-bond donors (Lipinski definition) is 1. The zero-order valence-corrected chi connectivity index (χ0v) is 12.9. The smallest absolute Gasteiger partial charge is 0.123 e.